The fraction of sp³-hybridized carbons (Fsp3) is 0.417. The second kappa shape index (κ2) is 11.2. The van der Waals surface area contributed by atoms with E-state index in [4.69, 9.17) is 34.8 Å². The van der Waals surface area contributed by atoms with Gasteiger partial charge in [0.1, 0.15) is 6.04 Å². The number of nitrogens with one attached hydrogen (secondary N) is 1. The van der Waals surface area contributed by atoms with Crippen LogP contribution in [0.3, 0.4) is 0 Å². The monoisotopic (exact) mass is 480 g/mol. The third-order valence-corrected chi connectivity index (χ3v) is 6.73. The molecule has 0 aromatic heterocycles. The van der Waals surface area contributed by atoms with Crippen LogP contribution in [0, 0.1) is 0 Å². The Labute approximate surface area is 198 Å². The minimum Gasteiger partial charge on any atom is -0.352 e. The van der Waals surface area contributed by atoms with Crippen LogP contribution < -0.4 is 5.32 Å². The minimum absolute atomic E-state index is 0.0709. The smallest absolute Gasteiger partial charge is 0.242 e. The lowest BCUT2D eigenvalue weighted by Crippen LogP contribution is -2.50. The Hall–Kier alpha value is -1.75. The number of hydrogen-bond donors (Lipinski definition) is 1. The highest BCUT2D eigenvalue weighted by Crippen LogP contribution is 2.24. The fourth-order valence-corrected chi connectivity index (χ4v) is 4.56. The van der Waals surface area contributed by atoms with Gasteiger partial charge in [-0.1, -0.05) is 78.3 Å². The van der Waals surface area contributed by atoms with Crippen LogP contribution >= 0.6 is 34.8 Å². The molecule has 0 spiro atoms. The van der Waals surface area contributed by atoms with E-state index >= 15 is 0 Å². The van der Waals surface area contributed by atoms with Crippen molar-refractivity contribution in [1.82, 2.24) is 10.2 Å². The zero-order valence-corrected chi connectivity index (χ0v) is 19.8. The first kappa shape index (κ1) is 23.9. The molecule has 1 fully saturated rings. The van der Waals surface area contributed by atoms with Crippen molar-refractivity contribution in [2.24, 2.45) is 0 Å². The van der Waals surface area contributed by atoms with E-state index in [0.29, 0.717) is 20.6 Å². The van der Waals surface area contributed by atoms with Crippen molar-refractivity contribution in [3.05, 3.63) is 68.7 Å². The molecule has 0 radical (unpaired) electrons. The molecule has 7 heteroatoms. The fourth-order valence-electron chi connectivity index (χ4n) is 3.89. The van der Waals surface area contributed by atoms with E-state index in [9.17, 15) is 9.59 Å². The molecule has 0 bridgehead atoms. The van der Waals surface area contributed by atoms with Gasteiger partial charge >= 0.3 is 0 Å². The molecule has 2 aromatic rings. The van der Waals surface area contributed by atoms with E-state index in [-0.39, 0.29) is 30.8 Å². The Morgan fingerprint density at radius 2 is 1.71 bits per heavy atom. The van der Waals surface area contributed by atoms with E-state index in [1.54, 1.807) is 36.1 Å². The SMILES string of the molecule is C[C@H](C(=O)NC1CCCCC1)N(Cc1ccccc1Cl)C(=O)Cc1ccc(Cl)cc1Cl. The van der Waals surface area contributed by atoms with Crippen LogP contribution in [0.2, 0.25) is 15.1 Å². The second-order valence-electron chi connectivity index (χ2n) is 8.05. The molecule has 0 unspecified atom stereocenters. The molecule has 0 heterocycles. The summed E-state index contributed by atoms with van der Waals surface area (Å²) in [5, 5.41) is 4.62. The predicted octanol–water partition coefficient (Wildman–Crippen LogP) is 6.06. The zero-order valence-electron chi connectivity index (χ0n) is 17.5. The Kier molecular flexibility index (Phi) is 8.65. The highest BCUT2D eigenvalue weighted by molar-refractivity contribution is 6.35. The average molecular weight is 482 g/mol. The van der Waals surface area contributed by atoms with E-state index < -0.39 is 6.04 Å². The van der Waals surface area contributed by atoms with Crippen molar-refractivity contribution in [3.8, 4) is 0 Å². The van der Waals surface area contributed by atoms with Gasteiger partial charge in [0.2, 0.25) is 11.8 Å². The van der Waals surface area contributed by atoms with E-state index in [0.717, 1.165) is 31.2 Å². The van der Waals surface area contributed by atoms with Gasteiger partial charge < -0.3 is 10.2 Å². The van der Waals surface area contributed by atoms with Crippen molar-refractivity contribution in [2.45, 2.75) is 64.1 Å². The van der Waals surface area contributed by atoms with Gasteiger partial charge in [-0.05, 0) is 49.1 Å². The average Bonchev–Trinajstić information content (AvgIpc) is 2.75. The molecule has 3 rings (SSSR count). The van der Waals surface area contributed by atoms with Gasteiger partial charge in [0, 0.05) is 27.7 Å². The molecule has 1 atom stereocenters. The molecule has 2 aromatic carbocycles. The number of carbonyl (C=O) groups is 2. The molecule has 1 N–H and O–H groups in total. The van der Waals surface area contributed by atoms with Gasteiger partial charge in [0.25, 0.3) is 0 Å². The normalized spacial score (nSPS) is 15.4. The van der Waals surface area contributed by atoms with Crippen LogP contribution in [0.1, 0.15) is 50.2 Å². The summed E-state index contributed by atoms with van der Waals surface area (Å²) < 4.78 is 0. The minimum atomic E-state index is -0.642. The third kappa shape index (κ3) is 6.61. The van der Waals surface area contributed by atoms with Crippen LogP contribution in [0.4, 0.5) is 0 Å². The molecule has 166 valence electrons. The lowest BCUT2D eigenvalue weighted by Gasteiger charge is -2.31. The summed E-state index contributed by atoms with van der Waals surface area (Å²) >= 11 is 18.6. The lowest BCUT2D eigenvalue weighted by atomic mass is 9.95. The highest BCUT2D eigenvalue weighted by atomic mass is 35.5. The predicted molar refractivity (Wildman–Crippen MR) is 127 cm³/mol. The van der Waals surface area contributed by atoms with Gasteiger partial charge in [-0.15, -0.1) is 0 Å². The summed E-state index contributed by atoms with van der Waals surface area (Å²) in [5.41, 5.74) is 1.46. The maximum atomic E-state index is 13.3. The van der Waals surface area contributed by atoms with Crippen molar-refractivity contribution in [1.29, 1.82) is 0 Å². The Morgan fingerprint density at radius 3 is 2.39 bits per heavy atom. The Balaban J connectivity index is 1.79. The van der Waals surface area contributed by atoms with Gasteiger partial charge in [-0.3, -0.25) is 9.59 Å². The largest absolute Gasteiger partial charge is 0.352 e. The number of rotatable bonds is 7. The number of amides is 2. The van der Waals surface area contributed by atoms with Crippen molar-refractivity contribution in [3.63, 3.8) is 0 Å². The van der Waals surface area contributed by atoms with Crippen LogP contribution in [0.25, 0.3) is 0 Å². The first-order chi connectivity index (χ1) is 14.8. The van der Waals surface area contributed by atoms with Gasteiger partial charge in [-0.25, -0.2) is 0 Å². The van der Waals surface area contributed by atoms with E-state index in [1.165, 1.54) is 6.42 Å². The van der Waals surface area contributed by atoms with Gasteiger partial charge in [-0.2, -0.15) is 0 Å². The van der Waals surface area contributed by atoms with Crippen LogP contribution in [-0.4, -0.2) is 28.8 Å². The highest BCUT2D eigenvalue weighted by Gasteiger charge is 2.29. The van der Waals surface area contributed by atoms with Crippen molar-refractivity contribution >= 4 is 46.6 Å². The Morgan fingerprint density at radius 1 is 1.00 bits per heavy atom. The van der Waals surface area contributed by atoms with Crippen LogP contribution in [-0.2, 0) is 22.6 Å². The molecule has 1 saturated carbocycles. The quantitative estimate of drug-likeness (QED) is 0.523. The van der Waals surface area contributed by atoms with Gasteiger partial charge in [0.05, 0.1) is 6.42 Å². The molecular formula is C24H27Cl3N2O2. The second-order valence-corrected chi connectivity index (χ2v) is 9.30. The molecule has 4 nitrogen and oxygen atoms in total. The third-order valence-electron chi connectivity index (χ3n) is 5.77. The number of carbonyl (C=O) groups excluding carboxylic acids is 2. The molecule has 1 aliphatic carbocycles. The van der Waals surface area contributed by atoms with E-state index in [1.807, 2.05) is 18.2 Å². The molecule has 0 saturated heterocycles. The molecule has 31 heavy (non-hydrogen) atoms. The summed E-state index contributed by atoms with van der Waals surface area (Å²) in [4.78, 5) is 27.9. The van der Waals surface area contributed by atoms with Crippen LogP contribution in [0.5, 0.6) is 0 Å². The first-order valence-corrected chi connectivity index (χ1v) is 11.8. The molecule has 2 amide bonds. The summed E-state index contributed by atoms with van der Waals surface area (Å²) in [6.07, 6.45) is 5.49. The summed E-state index contributed by atoms with van der Waals surface area (Å²) in [7, 11) is 0. The Bertz CT molecular complexity index is 929. The first-order valence-electron chi connectivity index (χ1n) is 10.6. The summed E-state index contributed by atoms with van der Waals surface area (Å²) in [5.74, 6) is -0.343. The zero-order chi connectivity index (χ0) is 22.4. The summed E-state index contributed by atoms with van der Waals surface area (Å²) in [6, 6.07) is 11.9. The van der Waals surface area contributed by atoms with Crippen molar-refractivity contribution < 1.29 is 9.59 Å². The number of nitrogens with zero attached hydrogens (tertiary/aromatic N) is 1. The van der Waals surface area contributed by atoms with Gasteiger partial charge in [0.15, 0.2) is 0 Å². The number of benzene rings is 2. The topological polar surface area (TPSA) is 49.4 Å². The molecular weight excluding hydrogens is 455 g/mol. The number of halogens is 3. The van der Waals surface area contributed by atoms with Crippen LogP contribution in [0.15, 0.2) is 42.5 Å². The summed E-state index contributed by atoms with van der Waals surface area (Å²) in [6.45, 7) is 2.00. The number of hydrogen-bond acceptors (Lipinski definition) is 2. The van der Waals surface area contributed by atoms with E-state index in [2.05, 4.69) is 5.32 Å². The maximum absolute atomic E-state index is 13.3. The van der Waals surface area contributed by atoms with Crippen molar-refractivity contribution in [2.75, 3.05) is 0 Å². The molecule has 1 aliphatic rings. The lowest BCUT2D eigenvalue weighted by molar-refractivity contribution is -0.140. The standard InChI is InChI=1S/C24H27Cl3N2O2/c1-16(24(31)28-20-8-3-2-4-9-20)29(15-18-7-5-6-10-21(18)26)23(30)13-17-11-12-19(25)14-22(17)27/h5-7,10-12,14,16,20H,2-4,8-9,13,15H2,1H3,(H,28,31)/t16-/m1/s1. The molecule has 0 aliphatic heterocycles. The maximum Gasteiger partial charge on any atom is 0.242 e.